The monoisotopic (exact) mass is 350 g/mol. The predicted octanol–water partition coefficient (Wildman–Crippen LogP) is 2.36. The Morgan fingerprint density at radius 3 is 2.50 bits per heavy atom. The van der Waals surface area contributed by atoms with Crippen molar-refractivity contribution in [2.24, 2.45) is 0 Å². The summed E-state index contributed by atoms with van der Waals surface area (Å²) >= 11 is 0. The normalized spacial score (nSPS) is 13.6. The minimum Gasteiger partial charge on any atom is -0.325 e. The number of aryl methyl sites for hydroxylation is 1. The van der Waals surface area contributed by atoms with Crippen LogP contribution < -0.4 is 10.3 Å². The molecule has 6 heteroatoms. The molecule has 1 aliphatic carbocycles. The van der Waals surface area contributed by atoms with Crippen LogP contribution in [0.2, 0.25) is 0 Å². The van der Waals surface area contributed by atoms with Gasteiger partial charge in [-0.05, 0) is 41.9 Å². The lowest BCUT2D eigenvalue weighted by atomic mass is 10.1. The molecule has 0 unspecified atom stereocenters. The summed E-state index contributed by atoms with van der Waals surface area (Å²) < 4.78 is 6.59. The number of carbonyl (C=O) groups excluding carboxylic acids is 1. The van der Waals surface area contributed by atoms with Crippen molar-refractivity contribution in [1.29, 1.82) is 0 Å². The minimum absolute atomic E-state index is 0.0623. The van der Waals surface area contributed by atoms with E-state index in [1.54, 1.807) is 9.58 Å². The van der Waals surface area contributed by atoms with Crippen molar-refractivity contribution in [2.75, 3.05) is 0 Å². The van der Waals surface area contributed by atoms with Crippen LogP contribution in [0.25, 0.3) is 5.69 Å². The third kappa shape index (κ3) is 3.18. The molecule has 6 nitrogen and oxygen atoms in total. The van der Waals surface area contributed by atoms with Gasteiger partial charge in [0.25, 0.3) is 5.91 Å². The second kappa shape index (κ2) is 6.63. The average molecular weight is 350 g/mol. The van der Waals surface area contributed by atoms with Gasteiger partial charge in [0.2, 0.25) is 5.69 Å². The second-order valence-electron chi connectivity index (χ2n) is 6.63. The first-order chi connectivity index (χ1) is 12.6. The van der Waals surface area contributed by atoms with Crippen LogP contribution in [0.15, 0.2) is 63.9 Å². The molecule has 0 saturated heterocycles. The van der Waals surface area contributed by atoms with Gasteiger partial charge in [-0.3, -0.25) is 9.32 Å². The SMILES string of the molecule is Cc1ccc(C(=O)N(Cc2c(=O)o[nH][n+]2-c2ccccc2)C2CC2)cc1. The number of rotatable bonds is 5. The van der Waals surface area contributed by atoms with Crippen LogP contribution in [-0.4, -0.2) is 22.1 Å². The molecule has 26 heavy (non-hydrogen) atoms. The molecule has 4 rings (SSSR count). The molecule has 1 fully saturated rings. The Morgan fingerprint density at radius 2 is 1.85 bits per heavy atom. The fourth-order valence-corrected chi connectivity index (χ4v) is 2.99. The number of aromatic nitrogens is 2. The number of nitrogens with zero attached hydrogens (tertiary/aromatic N) is 2. The third-order valence-corrected chi connectivity index (χ3v) is 4.62. The summed E-state index contributed by atoms with van der Waals surface area (Å²) in [5, 5.41) is 2.63. The molecule has 1 aromatic heterocycles. The summed E-state index contributed by atoms with van der Waals surface area (Å²) in [6.07, 6.45) is 1.91. The maximum atomic E-state index is 13.0. The van der Waals surface area contributed by atoms with E-state index in [1.807, 2.05) is 61.5 Å². The Morgan fingerprint density at radius 1 is 1.15 bits per heavy atom. The smallest absolute Gasteiger partial charge is 0.325 e. The predicted molar refractivity (Wildman–Crippen MR) is 94.9 cm³/mol. The van der Waals surface area contributed by atoms with E-state index in [4.69, 9.17) is 4.52 Å². The summed E-state index contributed by atoms with van der Waals surface area (Å²) in [4.78, 5) is 27.0. The first-order valence-corrected chi connectivity index (χ1v) is 8.69. The zero-order valence-corrected chi connectivity index (χ0v) is 14.5. The highest BCUT2D eigenvalue weighted by Crippen LogP contribution is 2.29. The largest absolute Gasteiger partial charge is 0.432 e. The highest BCUT2D eigenvalue weighted by Gasteiger charge is 2.37. The molecule has 0 spiro atoms. The summed E-state index contributed by atoms with van der Waals surface area (Å²) in [6, 6.07) is 17.1. The zero-order chi connectivity index (χ0) is 18.1. The van der Waals surface area contributed by atoms with Gasteiger partial charge in [0.15, 0.2) is 0 Å². The number of aromatic amines is 1. The third-order valence-electron chi connectivity index (χ3n) is 4.62. The van der Waals surface area contributed by atoms with Gasteiger partial charge >= 0.3 is 11.3 Å². The van der Waals surface area contributed by atoms with Gasteiger partial charge in [-0.2, -0.15) is 0 Å². The van der Waals surface area contributed by atoms with Gasteiger partial charge in [-0.15, -0.1) is 0 Å². The number of nitrogens with one attached hydrogen (secondary N) is 1. The van der Waals surface area contributed by atoms with Crippen LogP contribution >= 0.6 is 0 Å². The minimum atomic E-state index is -0.462. The number of para-hydroxylation sites is 1. The molecule has 1 amide bonds. The molecular weight excluding hydrogens is 330 g/mol. The van der Waals surface area contributed by atoms with E-state index in [9.17, 15) is 9.59 Å². The van der Waals surface area contributed by atoms with Crippen molar-refractivity contribution in [3.05, 3.63) is 81.8 Å². The first kappa shape index (κ1) is 16.3. The number of amides is 1. The Hall–Kier alpha value is -3.15. The van der Waals surface area contributed by atoms with Crippen LogP contribution in [-0.2, 0) is 6.54 Å². The van der Waals surface area contributed by atoms with Gasteiger partial charge < -0.3 is 4.90 Å². The lowest BCUT2D eigenvalue weighted by Crippen LogP contribution is -2.43. The van der Waals surface area contributed by atoms with Gasteiger partial charge in [-0.1, -0.05) is 35.9 Å². The topological polar surface area (TPSA) is 70.2 Å². The molecule has 1 N–H and O–H groups in total. The molecular formula is C20H20N3O3+. The standard InChI is InChI=1S/C20H19N3O3/c1-14-7-9-15(10-8-14)19(24)22(16-11-12-16)13-18-20(25)26-21-23(18)17-5-3-2-4-6-17/h2-10,16H,11-13H2,1H3/p+1. The highest BCUT2D eigenvalue weighted by molar-refractivity contribution is 5.94. The number of H-pyrrole nitrogens is 1. The van der Waals surface area contributed by atoms with Crippen LogP contribution in [0.4, 0.5) is 0 Å². The van der Waals surface area contributed by atoms with E-state index in [2.05, 4.69) is 5.27 Å². The fourth-order valence-electron chi connectivity index (χ4n) is 2.99. The van der Waals surface area contributed by atoms with Crippen molar-refractivity contribution in [3.8, 4) is 5.69 Å². The lowest BCUT2D eigenvalue weighted by molar-refractivity contribution is -0.678. The van der Waals surface area contributed by atoms with Crippen LogP contribution in [0, 0.1) is 6.92 Å². The van der Waals surface area contributed by atoms with E-state index in [1.165, 1.54) is 0 Å². The Labute approximate surface area is 150 Å². The highest BCUT2D eigenvalue weighted by atomic mass is 16.5. The van der Waals surface area contributed by atoms with Gasteiger partial charge in [0.1, 0.15) is 6.54 Å². The number of hydrogen-bond acceptors (Lipinski definition) is 3. The Balaban J connectivity index is 1.66. The molecule has 2 aromatic carbocycles. The molecule has 0 atom stereocenters. The van der Waals surface area contributed by atoms with Crippen LogP contribution in [0.5, 0.6) is 0 Å². The number of hydrogen-bond donors (Lipinski definition) is 1. The maximum Gasteiger partial charge on any atom is 0.432 e. The fraction of sp³-hybridized carbons (Fsp3) is 0.250. The van der Waals surface area contributed by atoms with E-state index >= 15 is 0 Å². The van der Waals surface area contributed by atoms with E-state index < -0.39 is 5.63 Å². The summed E-state index contributed by atoms with van der Waals surface area (Å²) in [6.45, 7) is 2.19. The second-order valence-corrected chi connectivity index (χ2v) is 6.63. The van der Waals surface area contributed by atoms with Crippen molar-refractivity contribution >= 4 is 5.91 Å². The quantitative estimate of drug-likeness (QED) is 0.718. The Bertz CT molecular complexity index is 970. The average Bonchev–Trinajstić information content (AvgIpc) is 3.44. The van der Waals surface area contributed by atoms with Crippen LogP contribution in [0.1, 0.15) is 34.5 Å². The van der Waals surface area contributed by atoms with Gasteiger partial charge in [0.05, 0.1) is 0 Å². The maximum absolute atomic E-state index is 13.0. The molecule has 132 valence electrons. The van der Waals surface area contributed by atoms with Crippen molar-refractivity contribution in [1.82, 2.24) is 10.2 Å². The van der Waals surface area contributed by atoms with Crippen molar-refractivity contribution in [3.63, 3.8) is 0 Å². The molecule has 0 radical (unpaired) electrons. The molecule has 1 saturated carbocycles. The molecule has 0 bridgehead atoms. The summed E-state index contributed by atoms with van der Waals surface area (Å²) in [7, 11) is 0. The summed E-state index contributed by atoms with van der Waals surface area (Å²) in [5.74, 6) is -0.0623. The van der Waals surface area contributed by atoms with Crippen molar-refractivity contribution in [2.45, 2.75) is 32.4 Å². The molecule has 1 aliphatic rings. The van der Waals surface area contributed by atoms with E-state index in [0.29, 0.717) is 11.3 Å². The molecule has 1 heterocycles. The van der Waals surface area contributed by atoms with Crippen LogP contribution in [0.3, 0.4) is 0 Å². The summed E-state index contributed by atoms with van der Waals surface area (Å²) in [5.41, 5.74) is 2.47. The first-order valence-electron chi connectivity index (χ1n) is 8.69. The molecule has 0 aliphatic heterocycles. The number of carbonyl (C=O) groups is 1. The van der Waals surface area contributed by atoms with Crippen molar-refractivity contribution < 1.29 is 14.0 Å². The zero-order valence-electron chi connectivity index (χ0n) is 14.5. The van der Waals surface area contributed by atoms with Gasteiger partial charge in [0, 0.05) is 23.7 Å². The van der Waals surface area contributed by atoms with Gasteiger partial charge in [-0.25, -0.2) is 4.79 Å². The number of benzene rings is 2. The van der Waals surface area contributed by atoms with E-state index in [-0.39, 0.29) is 18.5 Å². The van der Waals surface area contributed by atoms with E-state index in [0.717, 1.165) is 24.1 Å². The molecule has 3 aromatic rings. The lowest BCUT2D eigenvalue weighted by Gasteiger charge is -2.20. The Kier molecular flexibility index (Phi) is 4.16.